The van der Waals surface area contributed by atoms with Gasteiger partial charge < -0.3 is 4.74 Å². The fourth-order valence-electron chi connectivity index (χ4n) is 1.17. The van der Waals surface area contributed by atoms with Crippen LogP contribution in [-0.4, -0.2) is 18.7 Å². The summed E-state index contributed by atoms with van der Waals surface area (Å²) in [6, 6.07) is 6.40. The summed E-state index contributed by atoms with van der Waals surface area (Å²) >= 11 is 0. The molecule has 4 nitrogen and oxygen atoms in total. The third-order valence-corrected chi connectivity index (χ3v) is 2.45. The van der Waals surface area contributed by atoms with Gasteiger partial charge in [-0.1, -0.05) is 26.3 Å². The lowest BCUT2D eigenvalue weighted by atomic mass is 10.1. The smallest absolute Gasteiger partial charge is 0.338 e. The van der Waals surface area contributed by atoms with Crippen molar-refractivity contribution in [2.45, 2.75) is 20.3 Å². The van der Waals surface area contributed by atoms with E-state index >= 15 is 0 Å². The first-order valence-electron chi connectivity index (χ1n) is 5.52. The van der Waals surface area contributed by atoms with Crippen LogP contribution in [-0.2, 0) is 9.53 Å². The Morgan fingerprint density at radius 3 is 2.94 bits per heavy atom. The van der Waals surface area contributed by atoms with Crippen LogP contribution in [0.3, 0.4) is 0 Å². The van der Waals surface area contributed by atoms with Gasteiger partial charge in [-0.15, -0.1) is 0 Å². The van der Waals surface area contributed by atoms with Gasteiger partial charge in [0.2, 0.25) is 6.08 Å². The van der Waals surface area contributed by atoms with Gasteiger partial charge in [-0.2, -0.15) is 4.99 Å². The molecule has 0 aliphatic heterocycles. The molecule has 0 radical (unpaired) electrons. The van der Waals surface area contributed by atoms with Crippen molar-refractivity contribution in [3.8, 4) is 0 Å². The number of esters is 1. The van der Waals surface area contributed by atoms with E-state index in [9.17, 15) is 9.59 Å². The summed E-state index contributed by atoms with van der Waals surface area (Å²) in [6.45, 7) is 4.45. The quantitative estimate of drug-likeness (QED) is 0.446. The number of isocyanates is 1. The summed E-state index contributed by atoms with van der Waals surface area (Å²) in [4.78, 5) is 25.2. The second-order valence-electron chi connectivity index (χ2n) is 3.87. The normalized spacial score (nSPS) is 11.4. The Labute approximate surface area is 100 Å². The summed E-state index contributed by atoms with van der Waals surface area (Å²) in [5, 5.41) is 0. The molecular formula is C13H15NO3. The van der Waals surface area contributed by atoms with Gasteiger partial charge in [0.1, 0.15) is 0 Å². The Kier molecular flexibility index (Phi) is 5.11. The molecule has 0 saturated heterocycles. The Morgan fingerprint density at radius 2 is 2.29 bits per heavy atom. The Hall–Kier alpha value is -1.93. The van der Waals surface area contributed by atoms with Crippen molar-refractivity contribution in [1.29, 1.82) is 0 Å². The zero-order valence-corrected chi connectivity index (χ0v) is 9.97. The lowest BCUT2D eigenvalue weighted by Crippen LogP contribution is -2.11. The van der Waals surface area contributed by atoms with E-state index in [2.05, 4.69) is 4.99 Å². The first kappa shape index (κ1) is 13.1. The van der Waals surface area contributed by atoms with E-state index < -0.39 is 5.97 Å². The van der Waals surface area contributed by atoms with E-state index in [1.54, 1.807) is 18.2 Å². The van der Waals surface area contributed by atoms with Gasteiger partial charge in [-0.25, -0.2) is 9.59 Å². The Morgan fingerprint density at radius 1 is 1.53 bits per heavy atom. The second-order valence-corrected chi connectivity index (χ2v) is 3.87. The summed E-state index contributed by atoms with van der Waals surface area (Å²) in [7, 11) is 0. The van der Waals surface area contributed by atoms with Gasteiger partial charge in [-0.05, 0) is 24.1 Å². The fourth-order valence-corrected chi connectivity index (χ4v) is 1.17. The number of aliphatic imine (C=N–C) groups is 1. The van der Waals surface area contributed by atoms with Crippen LogP contribution in [0.25, 0.3) is 0 Å². The third-order valence-electron chi connectivity index (χ3n) is 2.45. The molecule has 0 fully saturated rings. The lowest BCUT2D eigenvalue weighted by Gasteiger charge is -2.09. The number of rotatable bonds is 5. The highest BCUT2D eigenvalue weighted by Crippen LogP contribution is 2.14. The maximum absolute atomic E-state index is 11.7. The molecule has 0 saturated carbocycles. The Balaban J connectivity index is 2.68. The number of nitrogens with zero attached hydrogens (tertiary/aromatic N) is 1. The standard InChI is InChI=1S/C13H15NO3/c1-3-10(2)8-17-13(16)11-5-4-6-12(7-11)14-9-15/h4-7,10H,3,8H2,1-2H3/t10-/m0/s1. The highest BCUT2D eigenvalue weighted by atomic mass is 16.5. The molecule has 90 valence electrons. The summed E-state index contributed by atoms with van der Waals surface area (Å²) in [6.07, 6.45) is 2.39. The highest BCUT2D eigenvalue weighted by molar-refractivity contribution is 5.90. The summed E-state index contributed by atoms with van der Waals surface area (Å²) in [5.74, 6) is -0.0524. The minimum absolute atomic E-state index is 0.343. The van der Waals surface area contributed by atoms with Gasteiger partial charge in [0.25, 0.3) is 0 Å². The molecule has 0 aliphatic carbocycles. The van der Waals surface area contributed by atoms with Crippen LogP contribution in [0.4, 0.5) is 5.69 Å². The molecule has 0 unspecified atom stereocenters. The average molecular weight is 233 g/mol. The van der Waals surface area contributed by atoms with Gasteiger partial charge in [0, 0.05) is 0 Å². The van der Waals surface area contributed by atoms with E-state index in [0.29, 0.717) is 23.8 Å². The molecule has 1 rings (SSSR count). The van der Waals surface area contributed by atoms with Crippen LogP contribution in [0.15, 0.2) is 29.3 Å². The molecule has 1 aromatic rings. The van der Waals surface area contributed by atoms with E-state index in [1.165, 1.54) is 12.1 Å². The molecule has 0 bridgehead atoms. The zero-order valence-electron chi connectivity index (χ0n) is 9.97. The predicted molar refractivity (Wildman–Crippen MR) is 64.0 cm³/mol. The third kappa shape index (κ3) is 4.21. The van der Waals surface area contributed by atoms with Crippen LogP contribution in [0, 0.1) is 5.92 Å². The van der Waals surface area contributed by atoms with Gasteiger partial charge in [0.05, 0.1) is 17.9 Å². The zero-order chi connectivity index (χ0) is 12.7. The largest absolute Gasteiger partial charge is 0.462 e. The molecule has 0 amide bonds. The van der Waals surface area contributed by atoms with Crippen LogP contribution in [0.2, 0.25) is 0 Å². The number of hydrogen-bond donors (Lipinski definition) is 0. The first-order valence-corrected chi connectivity index (χ1v) is 5.52. The van der Waals surface area contributed by atoms with Crippen LogP contribution in [0.1, 0.15) is 30.6 Å². The minimum atomic E-state index is -0.395. The number of carbonyl (C=O) groups excluding carboxylic acids is 2. The van der Waals surface area contributed by atoms with Crippen molar-refractivity contribution >= 4 is 17.7 Å². The number of carbonyl (C=O) groups is 1. The Bertz CT molecular complexity index is 436. The SMILES string of the molecule is CC[C@H](C)COC(=O)c1cccc(N=C=O)c1. The maximum Gasteiger partial charge on any atom is 0.338 e. The molecule has 1 aromatic carbocycles. The second kappa shape index (κ2) is 6.61. The molecule has 0 aromatic heterocycles. The van der Waals surface area contributed by atoms with Crippen molar-refractivity contribution in [1.82, 2.24) is 0 Å². The average Bonchev–Trinajstić information content (AvgIpc) is 2.36. The fraction of sp³-hybridized carbons (Fsp3) is 0.385. The van der Waals surface area contributed by atoms with Gasteiger partial charge in [0.15, 0.2) is 0 Å². The van der Waals surface area contributed by atoms with E-state index in [1.807, 2.05) is 13.8 Å². The predicted octanol–water partition coefficient (Wildman–Crippen LogP) is 2.86. The molecule has 0 spiro atoms. The first-order chi connectivity index (χ1) is 8.17. The topological polar surface area (TPSA) is 55.7 Å². The van der Waals surface area contributed by atoms with Crippen molar-refractivity contribution in [3.63, 3.8) is 0 Å². The van der Waals surface area contributed by atoms with Crippen LogP contribution >= 0.6 is 0 Å². The number of benzene rings is 1. The molecular weight excluding hydrogens is 218 g/mol. The lowest BCUT2D eigenvalue weighted by molar-refractivity contribution is 0.0447. The molecule has 17 heavy (non-hydrogen) atoms. The maximum atomic E-state index is 11.7. The summed E-state index contributed by atoms with van der Waals surface area (Å²) in [5.41, 5.74) is 0.794. The van der Waals surface area contributed by atoms with Crippen molar-refractivity contribution in [3.05, 3.63) is 29.8 Å². The molecule has 0 heterocycles. The number of ether oxygens (including phenoxy) is 1. The molecule has 0 aliphatic rings. The van der Waals surface area contributed by atoms with Crippen LogP contribution in [0.5, 0.6) is 0 Å². The van der Waals surface area contributed by atoms with Gasteiger partial charge in [-0.3, -0.25) is 0 Å². The summed E-state index contributed by atoms with van der Waals surface area (Å²) < 4.78 is 5.13. The van der Waals surface area contributed by atoms with Crippen molar-refractivity contribution in [2.24, 2.45) is 10.9 Å². The van der Waals surface area contributed by atoms with E-state index in [-0.39, 0.29) is 0 Å². The van der Waals surface area contributed by atoms with Crippen LogP contribution < -0.4 is 0 Å². The van der Waals surface area contributed by atoms with Crippen molar-refractivity contribution in [2.75, 3.05) is 6.61 Å². The van der Waals surface area contributed by atoms with E-state index in [0.717, 1.165) is 6.42 Å². The number of hydrogen-bond acceptors (Lipinski definition) is 4. The molecule has 1 atom stereocenters. The monoisotopic (exact) mass is 233 g/mol. The van der Waals surface area contributed by atoms with Gasteiger partial charge >= 0.3 is 5.97 Å². The highest BCUT2D eigenvalue weighted by Gasteiger charge is 2.09. The molecule has 0 N–H and O–H groups in total. The minimum Gasteiger partial charge on any atom is -0.462 e. The van der Waals surface area contributed by atoms with Crippen molar-refractivity contribution < 1.29 is 14.3 Å². The van der Waals surface area contributed by atoms with E-state index in [4.69, 9.17) is 4.74 Å². The molecule has 4 heteroatoms.